The van der Waals surface area contributed by atoms with E-state index in [1.165, 1.54) is 22.8 Å². The summed E-state index contributed by atoms with van der Waals surface area (Å²) in [6.07, 6.45) is 1.48. The van der Waals surface area contributed by atoms with Gasteiger partial charge in [0.25, 0.3) is 15.9 Å². The average Bonchev–Trinajstić information content (AvgIpc) is 3.28. The number of benzene rings is 2. The van der Waals surface area contributed by atoms with Gasteiger partial charge in [0.1, 0.15) is 5.54 Å². The van der Waals surface area contributed by atoms with Crippen molar-refractivity contribution in [1.82, 2.24) is 14.3 Å². The van der Waals surface area contributed by atoms with E-state index in [0.29, 0.717) is 15.7 Å². The van der Waals surface area contributed by atoms with E-state index < -0.39 is 15.6 Å². The topological polar surface area (TPSA) is 93.5 Å². The van der Waals surface area contributed by atoms with E-state index in [0.717, 1.165) is 10.0 Å². The number of aromatic nitrogens is 2. The van der Waals surface area contributed by atoms with Gasteiger partial charge in [0, 0.05) is 34.6 Å². The van der Waals surface area contributed by atoms with Crippen molar-refractivity contribution < 1.29 is 17.9 Å². The molecule has 1 unspecified atom stereocenters. The number of hydrogen-bond donors (Lipinski definition) is 1. The van der Waals surface area contributed by atoms with Crippen LogP contribution in [-0.2, 0) is 31.5 Å². The van der Waals surface area contributed by atoms with Gasteiger partial charge in [0.2, 0.25) is 5.95 Å². The first-order valence-corrected chi connectivity index (χ1v) is 13.2. The first-order chi connectivity index (χ1) is 16.1. The smallest absolute Gasteiger partial charge is 0.260 e. The van der Waals surface area contributed by atoms with Crippen molar-refractivity contribution in [3.05, 3.63) is 68.7 Å². The van der Waals surface area contributed by atoms with Crippen molar-refractivity contribution in [3.63, 3.8) is 0 Å². The molecule has 3 aromatic rings. The van der Waals surface area contributed by atoms with Gasteiger partial charge in [-0.2, -0.15) is 0 Å². The van der Waals surface area contributed by atoms with Crippen molar-refractivity contribution in [2.45, 2.75) is 23.9 Å². The largest absolute Gasteiger partial charge is 0.383 e. The molecule has 1 aliphatic rings. The van der Waals surface area contributed by atoms with Gasteiger partial charge in [0.15, 0.2) is 5.03 Å². The second kappa shape index (κ2) is 9.60. The number of sulfonamides is 1. The lowest BCUT2D eigenvalue weighted by Gasteiger charge is -2.26. The number of ether oxygens (including phenoxy) is 1. The van der Waals surface area contributed by atoms with Crippen molar-refractivity contribution in [3.8, 4) is 0 Å². The van der Waals surface area contributed by atoms with Gasteiger partial charge in [-0.3, -0.25) is 9.36 Å². The maximum Gasteiger partial charge on any atom is 0.260 e. The number of carbonyl (C=O) groups is 1. The number of nitrogens with one attached hydrogen (secondary N) is 1. The number of hydrogen-bond acceptors (Lipinski definition) is 5. The van der Waals surface area contributed by atoms with Crippen LogP contribution in [0.3, 0.4) is 0 Å². The molecule has 0 bridgehead atoms. The van der Waals surface area contributed by atoms with Crippen LogP contribution in [0.5, 0.6) is 0 Å². The summed E-state index contributed by atoms with van der Waals surface area (Å²) in [6, 6.07) is 12.2. The van der Waals surface area contributed by atoms with Crippen LogP contribution in [0.25, 0.3) is 0 Å². The minimum absolute atomic E-state index is 0.0737. The summed E-state index contributed by atoms with van der Waals surface area (Å²) in [5.74, 6) is -0.194. The Bertz CT molecular complexity index is 1330. The molecule has 1 aromatic heterocycles. The van der Waals surface area contributed by atoms with Crippen molar-refractivity contribution >= 4 is 66.7 Å². The lowest BCUT2D eigenvalue weighted by molar-refractivity contribution is -0.124. The molecule has 1 aliphatic heterocycles. The van der Waals surface area contributed by atoms with Crippen molar-refractivity contribution in [2.24, 2.45) is 0 Å². The molecule has 0 radical (unpaired) electrons. The molecular weight excluding hydrogens is 567 g/mol. The Labute approximate surface area is 216 Å². The summed E-state index contributed by atoms with van der Waals surface area (Å²) in [6.45, 7) is 1.97. The number of amides is 1. The van der Waals surface area contributed by atoms with Gasteiger partial charge in [-0.25, -0.2) is 23.0 Å². The molecule has 0 saturated carbocycles. The fourth-order valence-corrected chi connectivity index (χ4v) is 5.97. The molecule has 1 atom stereocenters. The predicted molar refractivity (Wildman–Crippen MR) is 134 cm³/mol. The maximum absolute atomic E-state index is 13.9. The Morgan fingerprint density at radius 3 is 2.41 bits per heavy atom. The lowest BCUT2D eigenvalue weighted by atomic mass is 9.92. The third-order valence-electron chi connectivity index (χ3n) is 5.51. The van der Waals surface area contributed by atoms with Gasteiger partial charge in [-0.1, -0.05) is 51.3 Å². The third-order valence-corrected chi connectivity index (χ3v) is 7.90. The van der Waals surface area contributed by atoms with E-state index in [1.807, 2.05) is 24.3 Å². The first kappa shape index (κ1) is 25.2. The normalized spacial score (nSPS) is 17.9. The summed E-state index contributed by atoms with van der Waals surface area (Å²) >= 11 is 15.8. The molecule has 0 fully saturated rings. The second-order valence-corrected chi connectivity index (χ2v) is 11.5. The minimum atomic E-state index is -4.00. The third kappa shape index (κ3) is 4.62. The molecule has 180 valence electrons. The van der Waals surface area contributed by atoms with Crippen LogP contribution in [-0.4, -0.2) is 44.1 Å². The molecule has 0 spiro atoms. The molecule has 4 rings (SSSR count). The van der Waals surface area contributed by atoms with Gasteiger partial charge in [-0.05, 0) is 42.8 Å². The van der Waals surface area contributed by atoms with Gasteiger partial charge in [0.05, 0.1) is 18.5 Å². The molecule has 8 nitrogen and oxygen atoms in total. The zero-order chi connectivity index (χ0) is 24.7. The van der Waals surface area contributed by atoms with Crippen molar-refractivity contribution in [2.75, 3.05) is 25.2 Å². The Kier molecular flexibility index (Phi) is 7.10. The van der Waals surface area contributed by atoms with Crippen LogP contribution < -0.4 is 9.62 Å². The molecule has 1 N–H and O–H groups in total. The molecule has 0 saturated heterocycles. The van der Waals surface area contributed by atoms with Crippen LogP contribution in [0.2, 0.25) is 10.0 Å². The number of carbonyl (C=O) groups excluding carboxylic acids is 1. The van der Waals surface area contributed by atoms with Crippen molar-refractivity contribution in [1.29, 1.82) is 0 Å². The average molecular weight is 588 g/mol. The summed E-state index contributed by atoms with van der Waals surface area (Å²) in [5, 5.41) is 0.551. The first-order valence-electron chi connectivity index (χ1n) is 10.2. The molecule has 12 heteroatoms. The number of rotatable bonds is 8. The number of anilines is 2. The number of halogens is 3. The van der Waals surface area contributed by atoms with Gasteiger partial charge < -0.3 is 4.74 Å². The summed E-state index contributed by atoms with van der Waals surface area (Å²) in [5.41, 5.74) is -0.0506. The highest BCUT2D eigenvalue weighted by Crippen LogP contribution is 2.44. The zero-order valence-corrected chi connectivity index (χ0v) is 22.2. The lowest BCUT2D eigenvalue weighted by Crippen LogP contribution is -2.42. The van der Waals surface area contributed by atoms with Gasteiger partial charge in [-0.15, -0.1) is 0 Å². The number of nitrogens with zero attached hydrogens (tertiary/aromatic N) is 3. The SMILES string of the molecule is COCCNS(=O)(=O)c1cnc2n1C(C)(Cc1ccc(Br)cc1)C(=O)N2c1cc(Cl)cc(Cl)c1. The van der Waals surface area contributed by atoms with Crippen LogP contribution in [0.1, 0.15) is 12.5 Å². The Morgan fingerprint density at radius 2 is 1.79 bits per heavy atom. The molecule has 0 aliphatic carbocycles. The number of fused-ring (bicyclic) bond motifs is 1. The molecular formula is C22H21BrCl2N4O4S. The Balaban J connectivity index is 1.87. The number of methoxy groups -OCH3 is 1. The Hall–Kier alpha value is -1.95. The van der Waals surface area contributed by atoms with E-state index in [2.05, 4.69) is 25.6 Å². The number of imidazole rings is 1. The fraction of sp³-hybridized carbons (Fsp3) is 0.273. The van der Waals surface area contributed by atoms with Gasteiger partial charge >= 0.3 is 0 Å². The van der Waals surface area contributed by atoms with Crippen LogP contribution in [0, 0.1) is 0 Å². The van der Waals surface area contributed by atoms with E-state index in [-0.39, 0.29) is 36.5 Å². The standard InChI is InChI=1S/C22H21BrCl2N4O4S/c1-22(12-14-3-5-15(23)6-4-14)20(30)28(18-10-16(24)9-17(25)11-18)21-26-13-19(29(21)22)34(31,32)27-7-8-33-2/h3-6,9-11,13,27H,7-8,12H2,1-2H3. The molecule has 1 amide bonds. The zero-order valence-electron chi connectivity index (χ0n) is 18.3. The highest BCUT2D eigenvalue weighted by atomic mass is 79.9. The van der Waals surface area contributed by atoms with E-state index in [4.69, 9.17) is 27.9 Å². The predicted octanol–water partition coefficient (Wildman–Crippen LogP) is 4.51. The summed E-state index contributed by atoms with van der Waals surface area (Å²) < 4.78 is 36.1. The maximum atomic E-state index is 13.9. The minimum Gasteiger partial charge on any atom is -0.383 e. The highest BCUT2D eigenvalue weighted by Gasteiger charge is 2.51. The van der Waals surface area contributed by atoms with Crippen LogP contribution in [0.15, 0.2) is 58.2 Å². The fourth-order valence-electron chi connectivity index (χ4n) is 3.97. The molecule has 2 heterocycles. The monoisotopic (exact) mass is 586 g/mol. The van der Waals surface area contributed by atoms with Crippen LogP contribution >= 0.6 is 39.1 Å². The van der Waals surface area contributed by atoms with E-state index in [1.54, 1.807) is 25.1 Å². The summed E-state index contributed by atoms with van der Waals surface area (Å²) in [4.78, 5) is 19.6. The molecule has 34 heavy (non-hydrogen) atoms. The molecule has 2 aromatic carbocycles. The van der Waals surface area contributed by atoms with Crippen LogP contribution in [0.4, 0.5) is 11.6 Å². The highest BCUT2D eigenvalue weighted by molar-refractivity contribution is 9.10. The van der Waals surface area contributed by atoms with E-state index in [9.17, 15) is 13.2 Å². The summed E-state index contributed by atoms with van der Waals surface area (Å²) in [7, 11) is -2.52. The quantitative estimate of drug-likeness (QED) is 0.391. The Morgan fingerprint density at radius 1 is 1.15 bits per heavy atom. The second-order valence-electron chi connectivity index (χ2n) is 7.97. The van der Waals surface area contributed by atoms with E-state index >= 15 is 0 Å².